The Morgan fingerprint density at radius 1 is 1.00 bits per heavy atom. The summed E-state index contributed by atoms with van der Waals surface area (Å²) in [6, 6.07) is 0. The van der Waals surface area contributed by atoms with Crippen LogP contribution in [0, 0.1) is 0 Å². The maximum absolute atomic E-state index is 5.63. The Labute approximate surface area is 79.0 Å². The number of hydrogen-bond donors (Lipinski definition) is 0. The van der Waals surface area contributed by atoms with Gasteiger partial charge in [-0.25, -0.2) is 0 Å². The second-order valence-corrected chi connectivity index (χ2v) is 12.3. The summed E-state index contributed by atoms with van der Waals surface area (Å²) >= 11 is -2.11. The van der Waals surface area contributed by atoms with Gasteiger partial charge in [-0.15, -0.1) is 0 Å². The van der Waals surface area contributed by atoms with Crippen LogP contribution in [0.4, 0.5) is 0 Å². The molecular weight excluding hydrogens is 243 g/mol. The molecule has 0 saturated carbocycles. The molecule has 2 nitrogen and oxygen atoms in total. The van der Waals surface area contributed by atoms with Crippen LogP contribution in [0.1, 0.15) is 34.6 Å². The summed E-state index contributed by atoms with van der Waals surface area (Å²) in [7, 11) is 0. The van der Waals surface area contributed by atoms with E-state index in [0.29, 0.717) is 0 Å². The molecule has 0 aromatic rings. The van der Waals surface area contributed by atoms with Gasteiger partial charge in [0.1, 0.15) is 0 Å². The summed E-state index contributed by atoms with van der Waals surface area (Å²) in [5, 5.41) is 0. The molecule has 0 bridgehead atoms. The molecule has 0 atom stereocenters. The summed E-state index contributed by atoms with van der Waals surface area (Å²) in [6.45, 7) is 12.3. The van der Waals surface area contributed by atoms with Crippen molar-refractivity contribution in [2.45, 2.75) is 37.8 Å². The van der Waals surface area contributed by atoms with Crippen LogP contribution in [0.3, 0.4) is 0 Å². The fourth-order valence-electron chi connectivity index (χ4n) is 0.851. The predicted molar refractivity (Wildman–Crippen MR) is 48.7 cm³/mol. The Hall–Kier alpha value is 0.790. The first-order valence-electron chi connectivity index (χ1n) is 4.25. The van der Waals surface area contributed by atoms with Gasteiger partial charge in [0, 0.05) is 0 Å². The molecule has 0 heterocycles. The van der Waals surface area contributed by atoms with Crippen LogP contribution in [0.25, 0.3) is 0 Å². The van der Waals surface area contributed by atoms with E-state index in [0.717, 1.165) is 13.2 Å². The topological polar surface area (TPSA) is 18.5 Å². The molecule has 0 spiro atoms. The SMILES string of the molecule is CC[O][In]([O]CC)[C](C)(C)C. The van der Waals surface area contributed by atoms with Gasteiger partial charge < -0.3 is 0 Å². The first-order valence-corrected chi connectivity index (χ1v) is 8.59. The van der Waals surface area contributed by atoms with Crippen LogP contribution in [0.15, 0.2) is 0 Å². The van der Waals surface area contributed by atoms with Gasteiger partial charge in [0.05, 0.1) is 0 Å². The van der Waals surface area contributed by atoms with Crippen molar-refractivity contribution in [2.75, 3.05) is 13.2 Å². The minimum atomic E-state index is -2.11. The Morgan fingerprint density at radius 3 is 1.55 bits per heavy atom. The Balaban J connectivity index is 3.88. The van der Waals surface area contributed by atoms with Gasteiger partial charge in [-0.1, -0.05) is 0 Å². The van der Waals surface area contributed by atoms with Gasteiger partial charge in [-0.2, -0.15) is 0 Å². The fraction of sp³-hybridized carbons (Fsp3) is 1.00. The summed E-state index contributed by atoms with van der Waals surface area (Å²) in [5.74, 6) is 0. The normalized spacial score (nSPS) is 11.7. The molecule has 0 aromatic carbocycles. The molecule has 0 unspecified atom stereocenters. The summed E-state index contributed by atoms with van der Waals surface area (Å²) in [4.78, 5) is 0. The van der Waals surface area contributed by atoms with Gasteiger partial charge in [0.25, 0.3) is 0 Å². The standard InChI is InChI=1S/C4H9.2C2H5O.In/c1-4(2)3;2*1-2-3;/h1-3H3;2*2H2,1H3;/q;2*-1;+2. The molecule has 0 aliphatic carbocycles. The van der Waals surface area contributed by atoms with Crippen LogP contribution in [-0.2, 0) is 5.71 Å². The molecule has 0 aromatic heterocycles. The molecular formula is C8H19InO2. The van der Waals surface area contributed by atoms with E-state index in [4.69, 9.17) is 5.71 Å². The van der Waals surface area contributed by atoms with E-state index < -0.39 is 22.3 Å². The van der Waals surface area contributed by atoms with Crippen molar-refractivity contribution in [2.24, 2.45) is 0 Å². The first kappa shape index (κ1) is 11.8. The number of hydrogen-bond acceptors (Lipinski definition) is 2. The molecule has 0 N–H and O–H groups in total. The zero-order valence-corrected chi connectivity index (χ0v) is 11.6. The molecule has 0 fully saturated rings. The summed E-state index contributed by atoms with van der Waals surface area (Å²) in [5.41, 5.74) is 0. The average Bonchev–Trinajstić information content (AvgIpc) is 1.85. The van der Waals surface area contributed by atoms with Crippen molar-refractivity contribution in [1.82, 2.24) is 0 Å². The third-order valence-corrected chi connectivity index (χ3v) is 9.01. The molecule has 0 radical (unpaired) electrons. The van der Waals surface area contributed by atoms with Gasteiger partial charge in [-0.05, 0) is 0 Å². The zero-order chi connectivity index (χ0) is 8.91. The molecule has 11 heavy (non-hydrogen) atoms. The summed E-state index contributed by atoms with van der Waals surface area (Å²) in [6.07, 6.45) is 0. The maximum atomic E-state index is 5.63. The number of rotatable bonds is 4. The van der Waals surface area contributed by atoms with Crippen molar-refractivity contribution >= 4 is 22.3 Å². The van der Waals surface area contributed by atoms with E-state index in [2.05, 4.69) is 20.8 Å². The van der Waals surface area contributed by atoms with Crippen LogP contribution in [0.2, 0.25) is 3.17 Å². The first-order chi connectivity index (χ1) is 5.02. The fourth-order valence-corrected chi connectivity index (χ4v) is 5.71. The molecule has 0 aliphatic rings. The van der Waals surface area contributed by atoms with Gasteiger partial charge in [0.15, 0.2) is 0 Å². The zero-order valence-electron chi connectivity index (χ0n) is 8.31. The van der Waals surface area contributed by atoms with E-state index in [9.17, 15) is 0 Å². The van der Waals surface area contributed by atoms with E-state index in [1.54, 1.807) is 0 Å². The molecule has 0 saturated heterocycles. The van der Waals surface area contributed by atoms with Crippen LogP contribution < -0.4 is 0 Å². The van der Waals surface area contributed by atoms with Crippen LogP contribution in [0.5, 0.6) is 0 Å². The quantitative estimate of drug-likeness (QED) is 0.774. The third kappa shape index (κ3) is 5.10. The van der Waals surface area contributed by atoms with Crippen molar-refractivity contribution in [3.05, 3.63) is 0 Å². The van der Waals surface area contributed by atoms with E-state index in [1.165, 1.54) is 0 Å². The molecule has 0 amide bonds. The summed E-state index contributed by atoms with van der Waals surface area (Å²) < 4.78 is 11.6. The Bertz CT molecular complexity index is 92.8. The van der Waals surface area contributed by atoms with E-state index >= 15 is 0 Å². The van der Waals surface area contributed by atoms with Crippen molar-refractivity contribution in [3.63, 3.8) is 0 Å². The Morgan fingerprint density at radius 2 is 1.36 bits per heavy atom. The Kier molecular flexibility index (Phi) is 5.83. The van der Waals surface area contributed by atoms with E-state index in [-0.39, 0.29) is 3.17 Å². The average molecular weight is 262 g/mol. The predicted octanol–water partition coefficient (Wildman–Crippen LogP) is 2.35. The van der Waals surface area contributed by atoms with Crippen molar-refractivity contribution in [1.29, 1.82) is 0 Å². The molecule has 0 aliphatic heterocycles. The van der Waals surface area contributed by atoms with E-state index in [1.807, 2.05) is 13.8 Å². The minimum absolute atomic E-state index is 0.285. The molecule has 66 valence electrons. The van der Waals surface area contributed by atoms with Gasteiger partial charge in [0.2, 0.25) is 0 Å². The van der Waals surface area contributed by atoms with Crippen LogP contribution in [-0.4, -0.2) is 35.5 Å². The van der Waals surface area contributed by atoms with Crippen molar-refractivity contribution in [3.8, 4) is 0 Å². The molecule has 3 heteroatoms. The van der Waals surface area contributed by atoms with Crippen molar-refractivity contribution < 1.29 is 5.71 Å². The second kappa shape index (κ2) is 5.44. The second-order valence-electron chi connectivity index (χ2n) is 3.61. The third-order valence-electron chi connectivity index (χ3n) is 1.34. The van der Waals surface area contributed by atoms with Crippen LogP contribution >= 0.6 is 0 Å². The monoisotopic (exact) mass is 262 g/mol. The van der Waals surface area contributed by atoms with Gasteiger partial charge in [-0.3, -0.25) is 0 Å². The molecule has 0 rings (SSSR count). The van der Waals surface area contributed by atoms with Gasteiger partial charge >= 0.3 is 79.0 Å².